The summed E-state index contributed by atoms with van der Waals surface area (Å²) >= 11 is 5.91. The second kappa shape index (κ2) is 7.06. The lowest BCUT2D eigenvalue weighted by Crippen LogP contribution is -2.50. The van der Waals surface area contributed by atoms with E-state index in [-0.39, 0.29) is 10.7 Å². The van der Waals surface area contributed by atoms with Crippen LogP contribution in [0, 0.1) is 6.92 Å². The Bertz CT molecular complexity index is 801. The van der Waals surface area contributed by atoms with Crippen LogP contribution in [-0.4, -0.2) is 42.3 Å². The highest BCUT2D eigenvalue weighted by atomic mass is 35.5. The molecule has 10 heteroatoms. The van der Waals surface area contributed by atoms with E-state index in [9.17, 15) is 18.0 Å². The number of carbonyl (C=O) groups excluding carboxylic acids is 1. The molecule has 2 amide bonds. The third-order valence-electron chi connectivity index (χ3n) is 4.04. The SMILES string of the molecule is Cc1cc(N2CCN(C(=O)Nc3cc(C(F)(F)F)ccc3Cl)CC2)no1. The van der Waals surface area contributed by atoms with Gasteiger partial charge in [0.25, 0.3) is 0 Å². The first-order valence-corrected chi connectivity index (χ1v) is 8.23. The summed E-state index contributed by atoms with van der Waals surface area (Å²) in [4.78, 5) is 15.8. The molecular formula is C16H16ClF3N4O2. The minimum absolute atomic E-state index is 0.0445. The van der Waals surface area contributed by atoms with Crippen LogP contribution in [0.2, 0.25) is 5.02 Å². The number of carbonyl (C=O) groups is 1. The maximum atomic E-state index is 12.8. The largest absolute Gasteiger partial charge is 0.416 e. The van der Waals surface area contributed by atoms with Crippen LogP contribution >= 0.6 is 11.6 Å². The predicted octanol–water partition coefficient (Wildman–Crippen LogP) is 4.01. The van der Waals surface area contributed by atoms with Gasteiger partial charge < -0.3 is 19.6 Å². The molecule has 0 unspecified atom stereocenters. The summed E-state index contributed by atoms with van der Waals surface area (Å²) in [5, 5.41) is 6.43. The molecule has 0 atom stereocenters. The van der Waals surface area contributed by atoms with Crippen molar-refractivity contribution in [1.82, 2.24) is 10.1 Å². The Morgan fingerprint density at radius 2 is 1.92 bits per heavy atom. The Balaban J connectivity index is 1.63. The molecule has 1 N–H and O–H groups in total. The number of aromatic nitrogens is 1. The van der Waals surface area contributed by atoms with Crippen LogP contribution in [0.1, 0.15) is 11.3 Å². The maximum Gasteiger partial charge on any atom is 0.416 e. The Kier molecular flexibility index (Phi) is 4.99. The molecule has 0 spiro atoms. The number of nitrogens with zero attached hydrogens (tertiary/aromatic N) is 3. The molecule has 1 fully saturated rings. The van der Waals surface area contributed by atoms with Gasteiger partial charge in [-0.05, 0) is 25.1 Å². The molecule has 1 aliphatic heterocycles. The quantitative estimate of drug-likeness (QED) is 0.844. The summed E-state index contributed by atoms with van der Waals surface area (Å²) in [5.41, 5.74) is -0.940. The van der Waals surface area contributed by atoms with Crippen molar-refractivity contribution in [2.75, 3.05) is 36.4 Å². The fraction of sp³-hybridized carbons (Fsp3) is 0.375. The van der Waals surface area contributed by atoms with Gasteiger partial charge in [0.1, 0.15) is 5.76 Å². The molecule has 1 aromatic heterocycles. The van der Waals surface area contributed by atoms with Crippen LogP contribution in [0.5, 0.6) is 0 Å². The normalized spacial score (nSPS) is 15.3. The summed E-state index contributed by atoms with van der Waals surface area (Å²) in [6.45, 7) is 3.66. The topological polar surface area (TPSA) is 61.6 Å². The number of halogens is 4. The first kappa shape index (κ1) is 18.4. The Labute approximate surface area is 152 Å². The van der Waals surface area contributed by atoms with Crippen LogP contribution in [0.25, 0.3) is 0 Å². The third-order valence-corrected chi connectivity index (χ3v) is 4.37. The van der Waals surface area contributed by atoms with Crippen LogP contribution in [0.4, 0.5) is 29.5 Å². The van der Waals surface area contributed by atoms with Crippen LogP contribution in [0.3, 0.4) is 0 Å². The molecule has 2 aromatic rings. The van der Waals surface area contributed by atoms with Crippen molar-refractivity contribution in [1.29, 1.82) is 0 Å². The molecule has 0 bridgehead atoms. The molecule has 1 aromatic carbocycles. The molecule has 0 radical (unpaired) electrons. The first-order chi connectivity index (χ1) is 12.2. The average Bonchev–Trinajstić information content (AvgIpc) is 3.02. The summed E-state index contributed by atoms with van der Waals surface area (Å²) in [6, 6.07) is 4.12. The lowest BCUT2D eigenvalue weighted by atomic mass is 10.2. The van der Waals surface area contributed by atoms with Gasteiger partial charge in [-0.25, -0.2) is 4.79 Å². The number of hydrogen-bond donors (Lipinski definition) is 1. The number of urea groups is 1. The van der Waals surface area contributed by atoms with E-state index >= 15 is 0 Å². The molecular weight excluding hydrogens is 373 g/mol. The maximum absolute atomic E-state index is 12.8. The smallest absolute Gasteiger partial charge is 0.360 e. The number of nitrogens with one attached hydrogen (secondary N) is 1. The first-order valence-electron chi connectivity index (χ1n) is 7.85. The number of alkyl halides is 3. The molecule has 0 aliphatic carbocycles. The summed E-state index contributed by atoms with van der Waals surface area (Å²) in [6.07, 6.45) is -4.51. The molecule has 3 rings (SSSR count). The van der Waals surface area contributed by atoms with Gasteiger partial charge in [0.05, 0.1) is 16.3 Å². The molecule has 1 aliphatic rings. The van der Waals surface area contributed by atoms with Crippen molar-refractivity contribution in [3.63, 3.8) is 0 Å². The fourth-order valence-electron chi connectivity index (χ4n) is 2.63. The van der Waals surface area contributed by atoms with E-state index in [0.717, 1.165) is 18.2 Å². The third kappa shape index (κ3) is 4.04. The van der Waals surface area contributed by atoms with Gasteiger partial charge in [0.2, 0.25) is 0 Å². The number of aryl methyl sites for hydroxylation is 1. The van der Waals surface area contributed by atoms with E-state index in [2.05, 4.69) is 10.5 Å². The van der Waals surface area contributed by atoms with Crippen molar-refractivity contribution in [3.8, 4) is 0 Å². The van der Waals surface area contributed by atoms with Gasteiger partial charge in [-0.15, -0.1) is 0 Å². The standard InChI is InChI=1S/C16H16ClF3N4O2/c1-10-8-14(22-26-10)23-4-6-24(7-5-23)15(25)21-13-9-11(16(18,19)20)2-3-12(13)17/h2-3,8-9H,4-7H2,1H3,(H,21,25). The Hall–Kier alpha value is -2.42. The van der Waals surface area contributed by atoms with E-state index in [4.69, 9.17) is 16.1 Å². The second-order valence-electron chi connectivity index (χ2n) is 5.89. The minimum Gasteiger partial charge on any atom is -0.360 e. The number of benzene rings is 1. The van der Waals surface area contributed by atoms with Crippen molar-refractivity contribution >= 4 is 29.1 Å². The summed E-state index contributed by atoms with van der Waals surface area (Å²) in [5.74, 6) is 1.39. The summed E-state index contributed by atoms with van der Waals surface area (Å²) < 4.78 is 43.5. The summed E-state index contributed by atoms with van der Waals surface area (Å²) in [7, 11) is 0. The van der Waals surface area contributed by atoms with E-state index < -0.39 is 17.8 Å². The zero-order chi connectivity index (χ0) is 18.9. The molecule has 140 valence electrons. The van der Waals surface area contributed by atoms with E-state index in [1.54, 1.807) is 13.0 Å². The molecule has 2 heterocycles. The number of piperazine rings is 1. The van der Waals surface area contributed by atoms with Crippen molar-refractivity contribution in [2.45, 2.75) is 13.1 Å². The predicted molar refractivity (Wildman–Crippen MR) is 90.5 cm³/mol. The van der Waals surface area contributed by atoms with Crippen molar-refractivity contribution < 1.29 is 22.5 Å². The fourth-order valence-corrected chi connectivity index (χ4v) is 2.80. The van der Waals surface area contributed by atoms with Crippen LogP contribution < -0.4 is 10.2 Å². The van der Waals surface area contributed by atoms with Crippen LogP contribution in [0.15, 0.2) is 28.8 Å². The zero-order valence-corrected chi connectivity index (χ0v) is 14.6. The highest BCUT2D eigenvalue weighted by molar-refractivity contribution is 6.33. The average molecular weight is 389 g/mol. The lowest BCUT2D eigenvalue weighted by Gasteiger charge is -2.34. The number of amides is 2. The van der Waals surface area contributed by atoms with Gasteiger partial charge in [0.15, 0.2) is 5.82 Å². The second-order valence-corrected chi connectivity index (χ2v) is 6.30. The number of anilines is 2. The molecule has 0 saturated carbocycles. The molecule has 26 heavy (non-hydrogen) atoms. The Morgan fingerprint density at radius 3 is 2.50 bits per heavy atom. The van der Waals surface area contributed by atoms with Crippen LogP contribution in [-0.2, 0) is 6.18 Å². The van der Waals surface area contributed by atoms with Gasteiger partial charge in [0, 0.05) is 32.2 Å². The molecule has 1 saturated heterocycles. The van der Waals surface area contributed by atoms with E-state index in [1.165, 1.54) is 4.90 Å². The minimum atomic E-state index is -4.51. The van der Waals surface area contributed by atoms with Crippen molar-refractivity contribution in [2.24, 2.45) is 0 Å². The Morgan fingerprint density at radius 1 is 1.23 bits per heavy atom. The van der Waals surface area contributed by atoms with Gasteiger partial charge >= 0.3 is 12.2 Å². The monoisotopic (exact) mass is 388 g/mol. The number of rotatable bonds is 2. The molecule has 6 nitrogen and oxygen atoms in total. The van der Waals surface area contributed by atoms with Gasteiger partial charge in [-0.1, -0.05) is 16.8 Å². The van der Waals surface area contributed by atoms with Crippen molar-refractivity contribution in [3.05, 3.63) is 40.6 Å². The zero-order valence-electron chi connectivity index (χ0n) is 13.8. The highest BCUT2D eigenvalue weighted by Gasteiger charge is 2.31. The highest BCUT2D eigenvalue weighted by Crippen LogP contribution is 2.34. The van der Waals surface area contributed by atoms with E-state index in [1.807, 2.05) is 4.90 Å². The lowest BCUT2D eigenvalue weighted by molar-refractivity contribution is -0.137. The number of hydrogen-bond acceptors (Lipinski definition) is 4. The van der Waals surface area contributed by atoms with Gasteiger partial charge in [-0.2, -0.15) is 13.2 Å². The van der Waals surface area contributed by atoms with Gasteiger partial charge in [-0.3, -0.25) is 0 Å². The van der Waals surface area contributed by atoms with E-state index in [0.29, 0.717) is 37.8 Å².